The van der Waals surface area contributed by atoms with Gasteiger partial charge in [-0.1, -0.05) is 24.3 Å². The van der Waals surface area contributed by atoms with Gasteiger partial charge in [0.1, 0.15) is 17.5 Å². The predicted molar refractivity (Wildman–Crippen MR) is 111 cm³/mol. The second-order valence-corrected chi connectivity index (χ2v) is 6.98. The summed E-state index contributed by atoms with van der Waals surface area (Å²) in [7, 11) is 1.63. The minimum absolute atomic E-state index is 0.115. The average molecular weight is 393 g/mol. The first-order valence-electron chi connectivity index (χ1n) is 9.91. The van der Waals surface area contributed by atoms with Gasteiger partial charge in [0.05, 0.1) is 26.2 Å². The maximum Gasteiger partial charge on any atom is 0.227 e. The molecule has 1 atom stereocenters. The van der Waals surface area contributed by atoms with Crippen molar-refractivity contribution in [2.45, 2.75) is 19.4 Å². The van der Waals surface area contributed by atoms with Crippen LogP contribution in [0.25, 0.3) is 0 Å². The lowest BCUT2D eigenvalue weighted by molar-refractivity contribution is -0.132. The highest BCUT2D eigenvalue weighted by atomic mass is 16.5. The molecule has 29 heavy (non-hydrogen) atoms. The largest absolute Gasteiger partial charge is 0.497 e. The van der Waals surface area contributed by atoms with E-state index in [4.69, 9.17) is 9.47 Å². The van der Waals surface area contributed by atoms with Crippen molar-refractivity contribution in [3.8, 4) is 17.6 Å². The molecule has 1 aliphatic heterocycles. The fourth-order valence-corrected chi connectivity index (χ4v) is 3.54. The van der Waals surface area contributed by atoms with Crippen LogP contribution in [0.4, 0.5) is 0 Å². The number of rotatable bonds is 7. The molecule has 0 radical (unpaired) electrons. The van der Waals surface area contributed by atoms with Crippen molar-refractivity contribution < 1.29 is 14.3 Å². The third kappa shape index (κ3) is 5.27. The molecule has 6 nitrogen and oxygen atoms in total. The molecule has 6 heteroatoms. The van der Waals surface area contributed by atoms with E-state index in [1.807, 2.05) is 60.4 Å². The third-order valence-corrected chi connectivity index (χ3v) is 5.18. The van der Waals surface area contributed by atoms with Crippen LogP contribution in [0.15, 0.2) is 48.5 Å². The third-order valence-electron chi connectivity index (χ3n) is 5.18. The van der Waals surface area contributed by atoms with Crippen LogP contribution in [0, 0.1) is 11.3 Å². The summed E-state index contributed by atoms with van der Waals surface area (Å²) in [6.45, 7) is 5.18. The molecule has 1 aliphatic rings. The van der Waals surface area contributed by atoms with Crippen molar-refractivity contribution in [2.24, 2.45) is 0 Å². The zero-order chi connectivity index (χ0) is 20.6. The number of ether oxygens (including phenoxy) is 2. The smallest absolute Gasteiger partial charge is 0.227 e. The van der Waals surface area contributed by atoms with E-state index in [0.717, 1.165) is 22.6 Å². The van der Waals surface area contributed by atoms with Crippen LogP contribution >= 0.6 is 0 Å². The molecule has 0 N–H and O–H groups in total. The highest BCUT2D eigenvalue weighted by Crippen LogP contribution is 2.24. The zero-order valence-corrected chi connectivity index (χ0v) is 17.0. The van der Waals surface area contributed by atoms with Gasteiger partial charge in [-0.15, -0.1) is 0 Å². The Kier molecular flexibility index (Phi) is 7.09. The van der Waals surface area contributed by atoms with Gasteiger partial charge in [0.2, 0.25) is 5.91 Å². The van der Waals surface area contributed by atoms with Crippen LogP contribution < -0.4 is 9.47 Å². The first kappa shape index (κ1) is 20.7. The summed E-state index contributed by atoms with van der Waals surface area (Å²) >= 11 is 0. The zero-order valence-electron chi connectivity index (χ0n) is 17.0. The molecule has 1 amide bonds. The lowest BCUT2D eigenvalue weighted by atomic mass is 10.0. The lowest BCUT2D eigenvalue weighted by Gasteiger charge is -2.37. The lowest BCUT2D eigenvalue weighted by Crippen LogP contribution is -2.49. The normalized spacial score (nSPS) is 15.4. The van der Waals surface area contributed by atoms with Crippen LogP contribution in [0.3, 0.4) is 0 Å². The van der Waals surface area contributed by atoms with Crippen LogP contribution in [0.5, 0.6) is 11.5 Å². The Labute approximate surface area is 172 Å². The number of amides is 1. The summed E-state index contributed by atoms with van der Waals surface area (Å²) in [4.78, 5) is 16.6. The highest BCUT2D eigenvalue weighted by Gasteiger charge is 2.27. The molecule has 1 heterocycles. The number of nitrogens with zero attached hydrogens (tertiary/aromatic N) is 3. The maximum absolute atomic E-state index is 12.6. The molecular weight excluding hydrogens is 366 g/mol. The van der Waals surface area contributed by atoms with Gasteiger partial charge in [0.15, 0.2) is 0 Å². The van der Waals surface area contributed by atoms with E-state index in [1.54, 1.807) is 7.11 Å². The number of methoxy groups -OCH3 is 1. The van der Waals surface area contributed by atoms with E-state index < -0.39 is 0 Å². The van der Waals surface area contributed by atoms with Crippen LogP contribution in [0.1, 0.15) is 24.1 Å². The van der Waals surface area contributed by atoms with Crippen molar-refractivity contribution in [3.63, 3.8) is 0 Å². The Hall–Kier alpha value is -3.04. The second-order valence-electron chi connectivity index (χ2n) is 6.98. The van der Waals surface area contributed by atoms with E-state index in [1.165, 1.54) is 0 Å². The van der Waals surface area contributed by atoms with Crippen molar-refractivity contribution in [2.75, 3.05) is 39.9 Å². The van der Waals surface area contributed by atoms with E-state index in [0.29, 0.717) is 39.2 Å². The molecule has 1 fully saturated rings. The SMILES string of the molecule is CCOc1ccc(C(C#N)N2CCN(C(=O)Cc3ccc(OC)cc3)CC2)cc1. The van der Waals surface area contributed by atoms with Gasteiger partial charge in [-0.2, -0.15) is 5.26 Å². The Bertz CT molecular complexity index is 835. The Morgan fingerprint density at radius 2 is 1.66 bits per heavy atom. The average Bonchev–Trinajstić information content (AvgIpc) is 2.76. The molecule has 3 rings (SSSR count). The minimum atomic E-state index is -0.315. The van der Waals surface area contributed by atoms with Crippen molar-refractivity contribution >= 4 is 5.91 Å². The maximum atomic E-state index is 12.6. The first-order valence-corrected chi connectivity index (χ1v) is 9.91. The quantitative estimate of drug-likeness (QED) is 0.723. The predicted octanol–water partition coefficient (Wildman–Crippen LogP) is 3.05. The van der Waals surface area contributed by atoms with Gasteiger partial charge in [0, 0.05) is 26.2 Å². The van der Waals surface area contributed by atoms with Gasteiger partial charge in [-0.3, -0.25) is 9.69 Å². The Morgan fingerprint density at radius 3 is 2.21 bits per heavy atom. The highest BCUT2D eigenvalue weighted by molar-refractivity contribution is 5.79. The van der Waals surface area contributed by atoms with E-state index >= 15 is 0 Å². The summed E-state index contributed by atoms with van der Waals surface area (Å²) in [5, 5.41) is 9.70. The van der Waals surface area contributed by atoms with E-state index in [9.17, 15) is 10.1 Å². The first-order chi connectivity index (χ1) is 14.1. The topological polar surface area (TPSA) is 65.8 Å². The Morgan fingerprint density at radius 1 is 1.03 bits per heavy atom. The number of nitriles is 1. The van der Waals surface area contributed by atoms with Gasteiger partial charge in [-0.05, 0) is 42.3 Å². The summed E-state index contributed by atoms with van der Waals surface area (Å²) in [6.07, 6.45) is 0.380. The molecule has 1 unspecified atom stereocenters. The summed E-state index contributed by atoms with van der Waals surface area (Å²) in [5.41, 5.74) is 1.93. The molecule has 1 saturated heterocycles. The molecular formula is C23H27N3O3. The number of hydrogen-bond donors (Lipinski definition) is 0. The van der Waals surface area contributed by atoms with Gasteiger partial charge < -0.3 is 14.4 Å². The number of piperazine rings is 1. The summed E-state index contributed by atoms with van der Waals surface area (Å²) in [6, 6.07) is 17.4. The van der Waals surface area contributed by atoms with Gasteiger partial charge in [0.25, 0.3) is 0 Å². The van der Waals surface area contributed by atoms with Crippen molar-refractivity contribution in [1.82, 2.24) is 9.80 Å². The fraction of sp³-hybridized carbons (Fsp3) is 0.391. The van der Waals surface area contributed by atoms with Crippen LogP contribution in [0.2, 0.25) is 0 Å². The van der Waals surface area contributed by atoms with Crippen LogP contribution in [-0.4, -0.2) is 55.6 Å². The molecule has 0 aromatic heterocycles. The fourth-order valence-electron chi connectivity index (χ4n) is 3.54. The Balaban J connectivity index is 1.55. The van der Waals surface area contributed by atoms with Crippen LogP contribution in [-0.2, 0) is 11.2 Å². The second kappa shape index (κ2) is 9.94. The van der Waals surface area contributed by atoms with E-state index in [-0.39, 0.29) is 11.9 Å². The number of carbonyl (C=O) groups is 1. The van der Waals surface area contributed by atoms with Crippen molar-refractivity contribution in [1.29, 1.82) is 5.26 Å². The molecule has 152 valence electrons. The standard InChI is InChI=1S/C23H27N3O3/c1-3-29-21-10-6-19(7-11-21)22(17-24)25-12-14-26(15-13-25)23(27)16-18-4-8-20(28-2)9-5-18/h4-11,22H,3,12-16H2,1-2H3. The van der Waals surface area contributed by atoms with Crippen molar-refractivity contribution in [3.05, 3.63) is 59.7 Å². The number of benzene rings is 2. The summed E-state index contributed by atoms with van der Waals surface area (Å²) in [5.74, 6) is 1.71. The molecule has 2 aromatic carbocycles. The minimum Gasteiger partial charge on any atom is -0.497 e. The molecule has 0 aliphatic carbocycles. The molecule has 0 spiro atoms. The number of hydrogen-bond acceptors (Lipinski definition) is 5. The van der Waals surface area contributed by atoms with Gasteiger partial charge in [-0.25, -0.2) is 0 Å². The molecule has 0 saturated carbocycles. The van der Waals surface area contributed by atoms with E-state index in [2.05, 4.69) is 11.0 Å². The molecule has 2 aromatic rings. The van der Waals surface area contributed by atoms with Gasteiger partial charge >= 0.3 is 0 Å². The monoisotopic (exact) mass is 393 g/mol. The molecule has 0 bridgehead atoms. The summed E-state index contributed by atoms with van der Waals surface area (Å²) < 4.78 is 10.6. The number of carbonyl (C=O) groups excluding carboxylic acids is 1.